The average Bonchev–Trinajstić information content (AvgIpc) is 3.00. The first-order chi connectivity index (χ1) is 14.8. The summed E-state index contributed by atoms with van der Waals surface area (Å²) < 4.78 is 0. The number of aromatic nitrogens is 1. The van der Waals surface area contributed by atoms with Crippen LogP contribution in [0.1, 0.15) is 43.7 Å². The van der Waals surface area contributed by atoms with E-state index in [9.17, 15) is 9.59 Å². The molecule has 0 radical (unpaired) electrons. The van der Waals surface area contributed by atoms with Crippen LogP contribution in [0.25, 0.3) is 0 Å². The van der Waals surface area contributed by atoms with E-state index in [1.807, 2.05) is 12.1 Å². The molecule has 7 heteroatoms. The normalized spacial score (nSPS) is 26.2. The Morgan fingerprint density at radius 1 is 1.13 bits per heavy atom. The van der Waals surface area contributed by atoms with Gasteiger partial charge in [-0.3, -0.25) is 14.6 Å². The summed E-state index contributed by atoms with van der Waals surface area (Å²) in [5.41, 5.74) is 1.64. The van der Waals surface area contributed by atoms with Crippen LogP contribution < -0.4 is 0 Å². The fourth-order valence-electron chi connectivity index (χ4n) is 5.44. The maximum absolute atomic E-state index is 13.2. The van der Waals surface area contributed by atoms with E-state index in [-0.39, 0.29) is 17.5 Å². The first kappa shape index (κ1) is 21.8. The van der Waals surface area contributed by atoms with E-state index < -0.39 is 5.54 Å². The van der Waals surface area contributed by atoms with Gasteiger partial charge >= 0.3 is 6.03 Å². The molecule has 1 aliphatic carbocycles. The maximum atomic E-state index is 13.2. The second-order valence-electron chi connectivity index (χ2n) is 9.00. The van der Waals surface area contributed by atoms with Gasteiger partial charge in [0.25, 0.3) is 0 Å². The van der Waals surface area contributed by atoms with Crippen LogP contribution in [0.4, 0.5) is 4.79 Å². The van der Waals surface area contributed by atoms with Gasteiger partial charge in [0.05, 0.1) is 5.54 Å². The average molecular weight is 441 g/mol. The molecule has 1 saturated carbocycles. The van der Waals surface area contributed by atoms with Gasteiger partial charge in [0, 0.05) is 31.7 Å². The van der Waals surface area contributed by atoms with Crippen molar-refractivity contribution in [1.82, 2.24) is 19.7 Å². The SMILES string of the molecule is CC(=O)N1C(=O)N(Cc2ccnc(Cl)c2)C[C@]12CC[C@@](c1ccccc1)(N(C)C)CC2. The summed E-state index contributed by atoms with van der Waals surface area (Å²) in [5.74, 6) is -0.183. The van der Waals surface area contributed by atoms with Crippen LogP contribution >= 0.6 is 11.6 Å². The van der Waals surface area contributed by atoms with E-state index >= 15 is 0 Å². The Bertz CT molecular complexity index is 971. The lowest BCUT2D eigenvalue weighted by Crippen LogP contribution is -2.56. The van der Waals surface area contributed by atoms with Gasteiger partial charge in [-0.1, -0.05) is 41.9 Å². The number of benzene rings is 1. The minimum atomic E-state index is -0.464. The van der Waals surface area contributed by atoms with Crippen LogP contribution in [0.15, 0.2) is 48.7 Å². The lowest BCUT2D eigenvalue weighted by atomic mass is 9.68. The predicted molar refractivity (Wildman–Crippen MR) is 121 cm³/mol. The van der Waals surface area contributed by atoms with Crippen LogP contribution in [0, 0.1) is 0 Å². The predicted octanol–water partition coefficient (Wildman–Crippen LogP) is 4.29. The number of halogens is 1. The first-order valence-corrected chi connectivity index (χ1v) is 11.1. The molecule has 0 bridgehead atoms. The lowest BCUT2D eigenvalue weighted by Gasteiger charge is -2.50. The highest BCUT2D eigenvalue weighted by molar-refractivity contribution is 6.29. The summed E-state index contributed by atoms with van der Waals surface area (Å²) >= 11 is 6.02. The molecule has 1 saturated heterocycles. The van der Waals surface area contributed by atoms with E-state index in [4.69, 9.17) is 11.6 Å². The van der Waals surface area contributed by atoms with Crippen molar-refractivity contribution in [3.63, 3.8) is 0 Å². The molecule has 2 aliphatic rings. The number of pyridine rings is 1. The highest BCUT2D eigenvalue weighted by atomic mass is 35.5. The number of hydrogen-bond donors (Lipinski definition) is 0. The molecule has 0 N–H and O–H groups in total. The van der Waals surface area contributed by atoms with Crippen LogP contribution in [0.2, 0.25) is 5.15 Å². The van der Waals surface area contributed by atoms with Gasteiger partial charge in [0.15, 0.2) is 0 Å². The smallest absolute Gasteiger partial charge is 0.318 e. The Morgan fingerprint density at radius 3 is 2.39 bits per heavy atom. The number of urea groups is 1. The molecule has 3 amide bonds. The minimum absolute atomic E-state index is 0.0932. The quantitative estimate of drug-likeness (QED) is 0.665. The zero-order valence-corrected chi connectivity index (χ0v) is 19.1. The first-order valence-electron chi connectivity index (χ1n) is 10.7. The summed E-state index contributed by atoms with van der Waals surface area (Å²) in [5, 5.41) is 0.401. The standard InChI is InChI=1S/C24H29ClN4O2/c1-18(30)29-22(31)28(16-19-9-14-26-21(25)15-19)17-23(29)10-12-24(13-11-23,27(2)3)20-7-5-4-6-8-20/h4-9,14-15H,10-13,16-17H2,1-3H3/t23-,24-. The molecule has 1 aromatic carbocycles. The number of imide groups is 1. The third kappa shape index (κ3) is 3.83. The Balaban J connectivity index is 1.60. The van der Waals surface area contributed by atoms with Gasteiger partial charge in [-0.2, -0.15) is 0 Å². The molecule has 1 spiro atoms. The van der Waals surface area contributed by atoms with Crippen molar-refractivity contribution in [2.75, 3.05) is 20.6 Å². The van der Waals surface area contributed by atoms with Crippen molar-refractivity contribution < 1.29 is 9.59 Å². The molecule has 31 heavy (non-hydrogen) atoms. The van der Waals surface area contributed by atoms with Crippen LogP contribution in [-0.2, 0) is 16.9 Å². The van der Waals surface area contributed by atoms with E-state index in [2.05, 4.69) is 48.2 Å². The van der Waals surface area contributed by atoms with Gasteiger partial charge < -0.3 is 4.90 Å². The molecule has 6 nitrogen and oxygen atoms in total. The summed E-state index contributed by atoms with van der Waals surface area (Å²) in [7, 11) is 4.24. The van der Waals surface area contributed by atoms with Crippen molar-refractivity contribution in [2.24, 2.45) is 0 Å². The Hall–Kier alpha value is -2.44. The number of carbonyl (C=O) groups is 2. The summed E-state index contributed by atoms with van der Waals surface area (Å²) in [6.07, 6.45) is 4.96. The number of carbonyl (C=O) groups excluding carboxylic acids is 2. The van der Waals surface area contributed by atoms with Crippen LogP contribution in [0.5, 0.6) is 0 Å². The van der Waals surface area contributed by atoms with Gasteiger partial charge in [-0.15, -0.1) is 0 Å². The molecule has 4 rings (SSSR count). The van der Waals surface area contributed by atoms with E-state index in [1.54, 1.807) is 17.2 Å². The molecule has 0 unspecified atom stereocenters. The van der Waals surface area contributed by atoms with Crippen molar-refractivity contribution in [1.29, 1.82) is 0 Å². The Labute approximate surface area is 188 Å². The van der Waals surface area contributed by atoms with Gasteiger partial charge in [-0.25, -0.2) is 9.78 Å². The number of rotatable bonds is 4. The second-order valence-corrected chi connectivity index (χ2v) is 9.38. The Morgan fingerprint density at radius 2 is 1.81 bits per heavy atom. The zero-order chi connectivity index (χ0) is 22.2. The third-order valence-corrected chi connectivity index (χ3v) is 7.28. The minimum Gasteiger partial charge on any atom is -0.318 e. The van der Waals surface area contributed by atoms with Crippen molar-refractivity contribution in [3.05, 3.63) is 64.9 Å². The van der Waals surface area contributed by atoms with Crippen molar-refractivity contribution >= 4 is 23.5 Å². The second kappa shape index (κ2) is 8.24. The van der Waals surface area contributed by atoms with Crippen molar-refractivity contribution in [2.45, 2.75) is 50.2 Å². The van der Waals surface area contributed by atoms with Gasteiger partial charge in [0.1, 0.15) is 5.15 Å². The number of hydrogen-bond acceptors (Lipinski definition) is 4. The van der Waals surface area contributed by atoms with Gasteiger partial charge in [0.2, 0.25) is 5.91 Å². The molecule has 2 heterocycles. The molecule has 0 atom stereocenters. The van der Waals surface area contributed by atoms with Crippen molar-refractivity contribution in [3.8, 4) is 0 Å². The highest BCUT2D eigenvalue weighted by Crippen LogP contribution is 2.49. The number of nitrogens with zero attached hydrogens (tertiary/aromatic N) is 4. The largest absolute Gasteiger partial charge is 0.327 e. The van der Waals surface area contributed by atoms with E-state index in [1.165, 1.54) is 17.4 Å². The zero-order valence-electron chi connectivity index (χ0n) is 18.3. The molecule has 164 valence electrons. The highest BCUT2D eigenvalue weighted by Gasteiger charge is 2.55. The molecular weight excluding hydrogens is 412 g/mol. The van der Waals surface area contributed by atoms with Crippen LogP contribution in [0.3, 0.4) is 0 Å². The fraction of sp³-hybridized carbons (Fsp3) is 0.458. The lowest BCUT2D eigenvalue weighted by molar-refractivity contribution is -0.131. The van der Waals surface area contributed by atoms with Crippen LogP contribution in [-0.4, -0.2) is 57.8 Å². The summed E-state index contributed by atoms with van der Waals surface area (Å²) in [6.45, 7) is 2.46. The third-order valence-electron chi connectivity index (χ3n) is 7.08. The number of amides is 3. The fourth-order valence-corrected chi connectivity index (χ4v) is 5.64. The summed E-state index contributed by atoms with van der Waals surface area (Å²) in [6, 6.07) is 14.0. The Kier molecular flexibility index (Phi) is 5.79. The molecule has 2 aromatic rings. The monoisotopic (exact) mass is 440 g/mol. The summed E-state index contributed by atoms with van der Waals surface area (Å²) in [4.78, 5) is 35.4. The maximum Gasteiger partial charge on any atom is 0.327 e. The van der Waals surface area contributed by atoms with E-state index in [0.717, 1.165) is 31.2 Å². The molecule has 1 aromatic heterocycles. The van der Waals surface area contributed by atoms with Gasteiger partial charge in [-0.05, 0) is 63.0 Å². The molecule has 2 fully saturated rings. The van der Waals surface area contributed by atoms with E-state index in [0.29, 0.717) is 18.2 Å². The topological polar surface area (TPSA) is 56.8 Å². The molecular formula is C24H29ClN4O2. The molecule has 1 aliphatic heterocycles.